The molecule has 1 aromatic rings. The molecule has 2 N–H and O–H groups in total. The van der Waals surface area contributed by atoms with Gasteiger partial charge in [-0.1, -0.05) is 37.4 Å². The lowest BCUT2D eigenvalue weighted by molar-refractivity contribution is -0.139. The Morgan fingerprint density at radius 1 is 1.52 bits per heavy atom. The van der Waals surface area contributed by atoms with E-state index in [1.807, 2.05) is 6.92 Å². The molecule has 114 valence electrons. The fourth-order valence-corrected chi connectivity index (χ4v) is 3.40. The number of aliphatic carboxylic acids is 1. The van der Waals surface area contributed by atoms with Crippen LogP contribution in [0.2, 0.25) is 5.02 Å². The number of nitrogens with one attached hydrogen (secondary N) is 1. The Morgan fingerprint density at radius 2 is 2.19 bits per heavy atom. The van der Waals surface area contributed by atoms with Crippen molar-refractivity contribution < 1.29 is 18.3 Å². The van der Waals surface area contributed by atoms with Crippen molar-refractivity contribution >= 4 is 27.6 Å². The van der Waals surface area contributed by atoms with Gasteiger partial charge in [-0.05, 0) is 18.6 Å². The Kier molecular flexibility index (Phi) is 6.15. The third kappa shape index (κ3) is 4.43. The molecule has 0 fully saturated rings. The summed E-state index contributed by atoms with van der Waals surface area (Å²) >= 11 is 5.79. The molecule has 0 aliphatic rings. The van der Waals surface area contributed by atoms with Gasteiger partial charge in [-0.25, -0.2) is 8.42 Å². The van der Waals surface area contributed by atoms with Gasteiger partial charge in [0.1, 0.15) is 17.0 Å². The van der Waals surface area contributed by atoms with Gasteiger partial charge in [0.2, 0.25) is 10.0 Å². The van der Waals surface area contributed by atoms with Crippen LogP contribution in [0, 0.1) is 11.3 Å². The number of nitrogens with zero attached hydrogens (tertiary/aromatic N) is 1. The number of nitriles is 1. The molecule has 0 saturated heterocycles. The molecule has 6 nitrogen and oxygen atoms in total. The van der Waals surface area contributed by atoms with Crippen molar-refractivity contribution in [2.24, 2.45) is 0 Å². The number of benzene rings is 1. The number of rotatable bonds is 7. The molecule has 0 aliphatic heterocycles. The zero-order valence-corrected chi connectivity index (χ0v) is 12.9. The van der Waals surface area contributed by atoms with Crippen molar-refractivity contribution in [1.82, 2.24) is 4.72 Å². The first kappa shape index (κ1) is 17.4. The lowest BCUT2D eigenvalue weighted by Crippen LogP contribution is -2.40. The van der Waals surface area contributed by atoms with E-state index in [1.165, 1.54) is 18.2 Å². The van der Waals surface area contributed by atoms with E-state index in [-0.39, 0.29) is 21.9 Å². The molecule has 1 aromatic carbocycles. The molecule has 0 heterocycles. The molecule has 0 aromatic heterocycles. The summed E-state index contributed by atoms with van der Waals surface area (Å²) in [6.45, 7) is 1.87. The number of hydrogen-bond donors (Lipinski definition) is 2. The van der Waals surface area contributed by atoms with Crippen molar-refractivity contribution in [2.45, 2.75) is 37.1 Å². The summed E-state index contributed by atoms with van der Waals surface area (Å²) in [7, 11) is -4.14. The number of carboxylic acids is 1. The maximum Gasteiger partial charge on any atom is 0.321 e. The zero-order chi connectivity index (χ0) is 16.0. The van der Waals surface area contributed by atoms with Crippen molar-refractivity contribution in [1.29, 1.82) is 5.26 Å². The van der Waals surface area contributed by atoms with Crippen LogP contribution in [0.1, 0.15) is 31.7 Å². The molecule has 0 spiro atoms. The number of unbranched alkanes of at least 4 members (excludes halogenated alkanes) is 1. The fourth-order valence-electron chi connectivity index (χ4n) is 1.73. The van der Waals surface area contributed by atoms with Gasteiger partial charge in [0.25, 0.3) is 0 Å². The van der Waals surface area contributed by atoms with Crippen LogP contribution in [0.5, 0.6) is 0 Å². The van der Waals surface area contributed by atoms with Gasteiger partial charge in [0.05, 0.1) is 10.6 Å². The average Bonchev–Trinajstić information content (AvgIpc) is 2.42. The van der Waals surface area contributed by atoms with Crippen LogP contribution in [0.3, 0.4) is 0 Å². The molecule has 0 amide bonds. The van der Waals surface area contributed by atoms with Gasteiger partial charge in [0.15, 0.2) is 0 Å². The minimum Gasteiger partial charge on any atom is -0.480 e. The van der Waals surface area contributed by atoms with Crippen molar-refractivity contribution in [3.63, 3.8) is 0 Å². The van der Waals surface area contributed by atoms with E-state index in [4.69, 9.17) is 22.0 Å². The molecule has 1 atom stereocenters. The van der Waals surface area contributed by atoms with Gasteiger partial charge in [-0.15, -0.1) is 0 Å². The van der Waals surface area contributed by atoms with Crippen LogP contribution in [0.25, 0.3) is 0 Å². The van der Waals surface area contributed by atoms with E-state index in [0.29, 0.717) is 6.42 Å². The molecule has 1 rings (SSSR count). The lowest BCUT2D eigenvalue weighted by Gasteiger charge is -2.15. The van der Waals surface area contributed by atoms with Crippen LogP contribution in [0.15, 0.2) is 23.1 Å². The highest BCUT2D eigenvalue weighted by Gasteiger charge is 2.27. The molecular formula is C13H15ClN2O4S. The van der Waals surface area contributed by atoms with Crippen LogP contribution >= 0.6 is 11.6 Å². The first-order valence-electron chi connectivity index (χ1n) is 6.27. The minimum absolute atomic E-state index is 0.000748. The van der Waals surface area contributed by atoms with Crippen LogP contribution in [0.4, 0.5) is 0 Å². The standard InChI is InChI=1S/C13H15ClN2O4S/c1-2-3-6-11(13(17)18)16-21(19,20)12-7-4-5-10(14)9(12)8-15/h4-5,7,11,16H,2-3,6H2,1H3,(H,17,18). The first-order valence-corrected chi connectivity index (χ1v) is 8.13. The van der Waals surface area contributed by atoms with Gasteiger partial charge >= 0.3 is 5.97 Å². The smallest absolute Gasteiger partial charge is 0.321 e. The van der Waals surface area contributed by atoms with E-state index in [9.17, 15) is 13.2 Å². The van der Waals surface area contributed by atoms with Crippen LogP contribution < -0.4 is 4.72 Å². The quantitative estimate of drug-likeness (QED) is 0.796. The molecule has 0 aliphatic carbocycles. The second kappa shape index (κ2) is 7.41. The van der Waals surface area contributed by atoms with E-state index in [0.717, 1.165) is 6.42 Å². The van der Waals surface area contributed by atoms with Crippen LogP contribution in [-0.2, 0) is 14.8 Å². The number of sulfonamides is 1. The molecule has 0 radical (unpaired) electrons. The monoisotopic (exact) mass is 330 g/mol. The summed E-state index contributed by atoms with van der Waals surface area (Å²) in [5.74, 6) is -1.26. The minimum atomic E-state index is -4.14. The summed E-state index contributed by atoms with van der Waals surface area (Å²) in [4.78, 5) is 10.8. The summed E-state index contributed by atoms with van der Waals surface area (Å²) in [5.41, 5.74) is -0.203. The molecule has 1 unspecified atom stereocenters. The Bertz CT molecular complexity index is 667. The van der Waals surface area contributed by atoms with Crippen molar-refractivity contribution in [3.05, 3.63) is 28.8 Å². The molecular weight excluding hydrogens is 316 g/mol. The van der Waals surface area contributed by atoms with Gasteiger partial charge in [0, 0.05) is 0 Å². The largest absolute Gasteiger partial charge is 0.480 e. The molecule has 8 heteroatoms. The normalized spacial score (nSPS) is 12.6. The van der Waals surface area contributed by atoms with E-state index in [1.54, 1.807) is 6.07 Å². The molecule has 0 saturated carbocycles. The number of hydrogen-bond acceptors (Lipinski definition) is 4. The SMILES string of the molecule is CCCCC(NS(=O)(=O)c1cccc(Cl)c1C#N)C(=O)O. The Labute approximate surface area is 128 Å². The van der Waals surface area contributed by atoms with Crippen molar-refractivity contribution in [3.8, 4) is 6.07 Å². The highest BCUT2D eigenvalue weighted by molar-refractivity contribution is 7.89. The van der Waals surface area contributed by atoms with Crippen molar-refractivity contribution in [2.75, 3.05) is 0 Å². The Morgan fingerprint density at radius 3 is 2.71 bits per heavy atom. The second-order valence-electron chi connectivity index (χ2n) is 4.38. The van der Waals surface area contributed by atoms with E-state index >= 15 is 0 Å². The first-order chi connectivity index (χ1) is 9.83. The predicted octanol–water partition coefficient (Wildman–Crippen LogP) is 2.13. The summed E-state index contributed by atoms with van der Waals surface area (Å²) in [5, 5.41) is 18.1. The summed E-state index contributed by atoms with van der Waals surface area (Å²) in [6, 6.07) is 4.48. The fraction of sp³-hybridized carbons (Fsp3) is 0.385. The maximum absolute atomic E-state index is 12.3. The van der Waals surface area contributed by atoms with E-state index < -0.39 is 22.0 Å². The predicted molar refractivity (Wildman–Crippen MR) is 77.4 cm³/mol. The molecule has 21 heavy (non-hydrogen) atoms. The highest BCUT2D eigenvalue weighted by atomic mass is 35.5. The number of halogens is 1. The molecule has 0 bridgehead atoms. The lowest BCUT2D eigenvalue weighted by atomic mass is 10.1. The Hall–Kier alpha value is -1.62. The van der Waals surface area contributed by atoms with Gasteiger partial charge < -0.3 is 5.11 Å². The van der Waals surface area contributed by atoms with E-state index in [2.05, 4.69) is 4.72 Å². The van der Waals surface area contributed by atoms with Gasteiger partial charge in [-0.3, -0.25) is 4.79 Å². The number of carbonyl (C=O) groups is 1. The average molecular weight is 331 g/mol. The number of carboxylic acid groups (broad SMARTS) is 1. The third-order valence-electron chi connectivity index (χ3n) is 2.82. The topological polar surface area (TPSA) is 107 Å². The van der Waals surface area contributed by atoms with Gasteiger partial charge in [-0.2, -0.15) is 9.98 Å². The maximum atomic E-state index is 12.3. The van der Waals surface area contributed by atoms with Crippen LogP contribution in [-0.4, -0.2) is 25.5 Å². The highest BCUT2D eigenvalue weighted by Crippen LogP contribution is 2.23. The summed E-state index contributed by atoms with van der Waals surface area (Å²) in [6.07, 6.45) is 1.49. The second-order valence-corrected chi connectivity index (χ2v) is 6.47. The zero-order valence-electron chi connectivity index (χ0n) is 11.3. The Balaban J connectivity index is 3.14. The summed E-state index contributed by atoms with van der Waals surface area (Å²) < 4.78 is 26.6. The third-order valence-corrected chi connectivity index (χ3v) is 4.65.